The summed E-state index contributed by atoms with van der Waals surface area (Å²) in [6.45, 7) is 16.8. The molecule has 0 amide bonds. The fourth-order valence-corrected chi connectivity index (χ4v) is 4.63. The molecule has 2 nitrogen and oxygen atoms in total. The van der Waals surface area contributed by atoms with E-state index in [1.165, 1.54) is 40.1 Å². The number of allylic oxidation sites excluding steroid dienone is 3. The van der Waals surface area contributed by atoms with E-state index in [1.807, 2.05) is 0 Å². The molecule has 0 N–H and O–H groups in total. The van der Waals surface area contributed by atoms with Crippen LogP contribution in [-0.2, 0) is 0 Å². The number of aryl methyl sites for hydroxylation is 3. The standard InChI is InChI=1S/C21H30N2/c1-14-9-16(3)20(17(4)10-14)22-7-8-23(13-22)21-18(5)11-15(2)12-19(21)6/h9-11,15H,7-8,12-13H2,1-6H3/t15-/m0/s1. The average Bonchev–Trinajstić information content (AvgIpc) is 2.85. The number of nitrogens with zero attached hydrogens (tertiary/aromatic N) is 2. The zero-order valence-corrected chi connectivity index (χ0v) is 15.5. The fraction of sp³-hybridized carbons (Fsp3) is 0.524. The Labute approximate surface area is 141 Å². The predicted molar refractivity (Wildman–Crippen MR) is 99.8 cm³/mol. The van der Waals surface area contributed by atoms with E-state index in [2.05, 4.69) is 69.6 Å². The first-order valence-corrected chi connectivity index (χ1v) is 8.83. The van der Waals surface area contributed by atoms with Crippen molar-refractivity contribution >= 4 is 5.69 Å². The second-order valence-corrected chi connectivity index (χ2v) is 7.58. The Balaban J connectivity index is 1.85. The maximum Gasteiger partial charge on any atom is 0.0904 e. The summed E-state index contributed by atoms with van der Waals surface area (Å²) in [7, 11) is 0. The smallest absolute Gasteiger partial charge is 0.0904 e. The van der Waals surface area contributed by atoms with Crippen molar-refractivity contribution in [3.8, 4) is 0 Å². The highest BCUT2D eigenvalue weighted by Gasteiger charge is 2.27. The SMILES string of the molecule is CC1=C[C@H](C)CC(C)=C1N1CCN(c2c(C)cc(C)cc2C)C1. The lowest BCUT2D eigenvalue weighted by atomic mass is 9.90. The first kappa shape index (κ1) is 16.2. The molecule has 1 aliphatic carbocycles. The highest BCUT2D eigenvalue weighted by molar-refractivity contribution is 5.61. The van der Waals surface area contributed by atoms with Crippen LogP contribution in [0.5, 0.6) is 0 Å². The lowest BCUT2D eigenvalue weighted by Gasteiger charge is -2.30. The van der Waals surface area contributed by atoms with Crippen molar-refractivity contribution in [3.63, 3.8) is 0 Å². The van der Waals surface area contributed by atoms with E-state index in [0.29, 0.717) is 5.92 Å². The van der Waals surface area contributed by atoms with E-state index in [1.54, 1.807) is 5.57 Å². The summed E-state index contributed by atoms with van der Waals surface area (Å²) < 4.78 is 0. The van der Waals surface area contributed by atoms with Crippen LogP contribution >= 0.6 is 0 Å². The van der Waals surface area contributed by atoms with Crippen LogP contribution in [0, 0.1) is 26.7 Å². The summed E-state index contributed by atoms with van der Waals surface area (Å²) >= 11 is 0. The summed E-state index contributed by atoms with van der Waals surface area (Å²) in [4.78, 5) is 5.13. The highest BCUT2D eigenvalue weighted by Crippen LogP contribution is 2.34. The second kappa shape index (κ2) is 6.07. The van der Waals surface area contributed by atoms with E-state index in [4.69, 9.17) is 0 Å². The van der Waals surface area contributed by atoms with Crippen LogP contribution in [0.25, 0.3) is 0 Å². The maximum atomic E-state index is 2.58. The summed E-state index contributed by atoms with van der Waals surface area (Å²) in [5, 5.41) is 0. The minimum Gasteiger partial charge on any atom is -0.352 e. The van der Waals surface area contributed by atoms with Gasteiger partial charge in [-0.25, -0.2) is 0 Å². The van der Waals surface area contributed by atoms with Crippen LogP contribution in [-0.4, -0.2) is 24.7 Å². The molecule has 1 heterocycles. The molecule has 1 fully saturated rings. The second-order valence-electron chi connectivity index (χ2n) is 7.58. The van der Waals surface area contributed by atoms with E-state index in [-0.39, 0.29) is 0 Å². The molecule has 1 aliphatic heterocycles. The summed E-state index contributed by atoms with van der Waals surface area (Å²) in [6.07, 6.45) is 3.64. The van der Waals surface area contributed by atoms with Gasteiger partial charge in [-0.3, -0.25) is 0 Å². The number of rotatable bonds is 2. The Morgan fingerprint density at radius 3 is 2.13 bits per heavy atom. The molecular formula is C21H30N2. The molecule has 23 heavy (non-hydrogen) atoms. The molecule has 1 aromatic carbocycles. The summed E-state index contributed by atoms with van der Waals surface area (Å²) in [6, 6.07) is 4.62. The van der Waals surface area contributed by atoms with Crippen molar-refractivity contribution in [3.05, 3.63) is 51.7 Å². The zero-order chi connectivity index (χ0) is 16.7. The van der Waals surface area contributed by atoms with Gasteiger partial charge < -0.3 is 9.80 Å². The van der Waals surface area contributed by atoms with E-state index in [0.717, 1.165) is 19.8 Å². The van der Waals surface area contributed by atoms with Gasteiger partial charge in [0.25, 0.3) is 0 Å². The van der Waals surface area contributed by atoms with E-state index in [9.17, 15) is 0 Å². The average molecular weight is 310 g/mol. The predicted octanol–water partition coefficient (Wildman–Crippen LogP) is 4.95. The Bertz CT molecular complexity index is 658. The highest BCUT2D eigenvalue weighted by atomic mass is 15.4. The van der Waals surface area contributed by atoms with Gasteiger partial charge in [-0.05, 0) is 69.2 Å². The Morgan fingerprint density at radius 1 is 0.913 bits per heavy atom. The molecule has 0 aromatic heterocycles. The number of hydrogen-bond donors (Lipinski definition) is 0. The van der Waals surface area contributed by atoms with Crippen molar-refractivity contribution in [1.29, 1.82) is 0 Å². The molecule has 2 heteroatoms. The Morgan fingerprint density at radius 2 is 1.52 bits per heavy atom. The zero-order valence-electron chi connectivity index (χ0n) is 15.5. The summed E-state index contributed by atoms with van der Waals surface area (Å²) in [5.74, 6) is 0.680. The third-order valence-electron chi connectivity index (χ3n) is 5.19. The molecule has 124 valence electrons. The molecule has 0 saturated carbocycles. The Kier molecular flexibility index (Phi) is 4.27. The number of hydrogen-bond acceptors (Lipinski definition) is 2. The van der Waals surface area contributed by atoms with Gasteiger partial charge in [-0.1, -0.05) is 30.7 Å². The number of anilines is 1. The van der Waals surface area contributed by atoms with Crippen LogP contribution in [0.1, 0.15) is 43.9 Å². The van der Waals surface area contributed by atoms with Crippen LogP contribution in [0.15, 0.2) is 35.1 Å². The molecule has 3 rings (SSSR count). The largest absolute Gasteiger partial charge is 0.352 e. The third kappa shape index (κ3) is 3.04. The molecular weight excluding hydrogens is 280 g/mol. The first-order valence-electron chi connectivity index (χ1n) is 8.83. The first-order chi connectivity index (χ1) is 10.9. The van der Waals surface area contributed by atoms with Gasteiger partial charge in [-0.15, -0.1) is 0 Å². The van der Waals surface area contributed by atoms with Crippen LogP contribution < -0.4 is 4.90 Å². The van der Waals surface area contributed by atoms with E-state index < -0.39 is 0 Å². The molecule has 0 spiro atoms. The lowest BCUT2D eigenvalue weighted by molar-refractivity contribution is 0.422. The quantitative estimate of drug-likeness (QED) is 0.762. The van der Waals surface area contributed by atoms with Gasteiger partial charge >= 0.3 is 0 Å². The van der Waals surface area contributed by atoms with Crippen LogP contribution in [0.3, 0.4) is 0 Å². The van der Waals surface area contributed by atoms with Gasteiger partial charge in [0.2, 0.25) is 0 Å². The summed E-state index contributed by atoms with van der Waals surface area (Å²) in [5.41, 5.74) is 10.1. The van der Waals surface area contributed by atoms with Crippen molar-refractivity contribution < 1.29 is 0 Å². The molecule has 0 bridgehead atoms. The van der Waals surface area contributed by atoms with Crippen molar-refractivity contribution in [2.24, 2.45) is 5.92 Å². The lowest BCUT2D eigenvalue weighted by Crippen LogP contribution is -2.28. The van der Waals surface area contributed by atoms with Crippen molar-refractivity contribution in [2.45, 2.75) is 48.0 Å². The van der Waals surface area contributed by atoms with Crippen LogP contribution in [0.2, 0.25) is 0 Å². The monoisotopic (exact) mass is 310 g/mol. The molecule has 1 saturated heterocycles. The third-order valence-corrected chi connectivity index (χ3v) is 5.19. The molecule has 1 aromatic rings. The van der Waals surface area contributed by atoms with Crippen molar-refractivity contribution in [2.75, 3.05) is 24.7 Å². The van der Waals surface area contributed by atoms with Gasteiger partial charge in [0.05, 0.1) is 6.67 Å². The fourth-order valence-electron chi connectivity index (χ4n) is 4.63. The maximum absolute atomic E-state index is 2.58. The number of benzene rings is 1. The normalized spacial score (nSPS) is 22.0. The van der Waals surface area contributed by atoms with E-state index >= 15 is 0 Å². The molecule has 0 radical (unpaired) electrons. The van der Waals surface area contributed by atoms with Gasteiger partial charge in [0.15, 0.2) is 0 Å². The van der Waals surface area contributed by atoms with Gasteiger partial charge in [0.1, 0.15) is 0 Å². The Hall–Kier alpha value is -1.70. The van der Waals surface area contributed by atoms with Gasteiger partial charge in [-0.2, -0.15) is 0 Å². The van der Waals surface area contributed by atoms with Crippen LogP contribution in [0.4, 0.5) is 5.69 Å². The topological polar surface area (TPSA) is 6.48 Å². The minimum atomic E-state index is 0.680. The molecule has 2 aliphatic rings. The molecule has 1 atom stereocenters. The van der Waals surface area contributed by atoms with Crippen molar-refractivity contribution in [1.82, 2.24) is 4.90 Å². The molecule has 0 unspecified atom stereocenters. The van der Waals surface area contributed by atoms with Gasteiger partial charge in [0, 0.05) is 24.5 Å². The minimum absolute atomic E-state index is 0.680.